The van der Waals surface area contributed by atoms with Crippen LogP contribution in [0.3, 0.4) is 0 Å². The van der Waals surface area contributed by atoms with E-state index in [0.717, 1.165) is 16.8 Å². The Labute approximate surface area is 252 Å². The summed E-state index contributed by atoms with van der Waals surface area (Å²) in [5.41, 5.74) is 3.25. The number of imidazole rings is 1. The van der Waals surface area contributed by atoms with Gasteiger partial charge in [-0.25, -0.2) is 14.8 Å². The highest BCUT2D eigenvalue weighted by molar-refractivity contribution is 6.31. The predicted octanol–water partition coefficient (Wildman–Crippen LogP) is 4.18. The Morgan fingerprint density at radius 1 is 1.16 bits per heavy atom. The van der Waals surface area contributed by atoms with Crippen LogP contribution in [0.5, 0.6) is 0 Å². The summed E-state index contributed by atoms with van der Waals surface area (Å²) in [7, 11) is 1.80. The van der Waals surface area contributed by atoms with Crippen molar-refractivity contribution in [2.45, 2.75) is 51.9 Å². The molecular formula is C29H30ClN9O4. The molecule has 14 heteroatoms. The number of carbonyl (C=O) groups excluding carboxylic acids is 2. The van der Waals surface area contributed by atoms with Gasteiger partial charge in [0.15, 0.2) is 11.5 Å². The average molecular weight is 604 g/mol. The lowest BCUT2D eigenvalue weighted by Crippen LogP contribution is -2.50. The quantitative estimate of drug-likeness (QED) is 0.233. The monoisotopic (exact) mass is 603 g/mol. The van der Waals surface area contributed by atoms with Crippen molar-refractivity contribution in [1.82, 2.24) is 34.5 Å². The van der Waals surface area contributed by atoms with Crippen LogP contribution in [0.1, 0.15) is 42.8 Å². The maximum Gasteiger partial charge on any atom is 0.329 e. The van der Waals surface area contributed by atoms with Gasteiger partial charge in [-0.3, -0.25) is 34.7 Å². The summed E-state index contributed by atoms with van der Waals surface area (Å²) in [4.78, 5) is 48.7. The van der Waals surface area contributed by atoms with E-state index in [4.69, 9.17) is 16.6 Å². The van der Waals surface area contributed by atoms with Crippen LogP contribution in [0.15, 0.2) is 48.8 Å². The molecule has 1 fully saturated rings. The van der Waals surface area contributed by atoms with E-state index in [0.29, 0.717) is 47.6 Å². The molecule has 222 valence electrons. The van der Waals surface area contributed by atoms with Crippen LogP contribution in [0.4, 0.5) is 16.3 Å². The minimum absolute atomic E-state index is 0.0245. The lowest BCUT2D eigenvalue weighted by molar-refractivity contribution is -0.385. The van der Waals surface area contributed by atoms with Gasteiger partial charge in [0, 0.05) is 38.1 Å². The molecule has 0 unspecified atom stereocenters. The molecule has 1 saturated heterocycles. The number of imide groups is 1. The average Bonchev–Trinajstić information content (AvgIpc) is 3.62. The number of rotatable bonds is 8. The van der Waals surface area contributed by atoms with E-state index in [-0.39, 0.29) is 31.1 Å². The number of pyridine rings is 1. The topological polar surface area (TPSA) is 144 Å². The molecule has 4 aromatic rings. The maximum absolute atomic E-state index is 12.4. The standard InChI is InChI=1S/C29H30ClN9O4/c1-29(2)26-19(8-9-21(32-26)27-31-14-25(35(27)3)38-13-11-24(40)33-28(38)41)15-36(29)16-22-23(39(42)43)17-37(34-22)12-10-18-6-4-5-7-20(18)30/h4-9,14,17H,10-13,15-16H2,1-3H3,(H,33,40,41). The summed E-state index contributed by atoms with van der Waals surface area (Å²) < 4.78 is 3.39. The molecule has 0 bridgehead atoms. The molecule has 3 aromatic heterocycles. The number of aromatic nitrogens is 5. The second kappa shape index (κ2) is 10.9. The second-order valence-corrected chi connectivity index (χ2v) is 11.6. The van der Waals surface area contributed by atoms with Gasteiger partial charge in [-0.15, -0.1) is 0 Å². The summed E-state index contributed by atoms with van der Waals surface area (Å²) >= 11 is 6.29. The van der Waals surface area contributed by atoms with Crippen LogP contribution < -0.4 is 10.2 Å². The van der Waals surface area contributed by atoms with Gasteiger partial charge in [-0.1, -0.05) is 35.9 Å². The Kier molecular flexibility index (Phi) is 7.22. The number of fused-ring (bicyclic) bond motifs is 1. The van der Waals surface area contributed by atoms with E-state index in [1.807, 2.05) is 50.2 Å². The summed E-state index contributed by atoms with van der Waals surface area (Å²) in [5.74, 6) is 0.829. The fourth-order valence-corrected chi connectivity index (χ4v) is 5.93. The summed E-state index contributed by atoms with van der Waals surface area (Å²) in [6, 6.07) is 10.9. The van der Waals surface area contributed by atoms with Crippen molar-refractivity contribution >= 4 is 35.0 Å². The van der Waals surface area contributed by atoms with Crippen LogP contribution in [-0.2, 0) is 43.4 Å². The van der Waals surface area contributed by atoms with Crippen LogP contribution in [0.2, 0.25) is 5.02 Å². The highest BCUT2D eigenvalue weighted by atomic mass is 35.5. The van der Waals surface area contributed by atoms with Gasteiger partial charge in [0.1, 0.15) is 17.7 Å². The Bertz CT molecular complexity index is 1760. The smallest absolute Gasteiger partial charge is 0.312 e. The molecule has 6 rings (SSSR count). The van der Waals surface area contributed by atoms with E-state index >= 15 is 0 Å². The van der Waals surface area contributed by atoms with Crippen molar-refractivity contribution < 1.29 is 14.5 Å². The predicted molar refractivity (Wildman–Crippen MR) is 158 cm³/mol. The molecule has 0 radical (unpaired) electrons. The SMILES string of the molecule is Cn1c(N2CCC(=O)NC2=O)cnc1-c1ccc2c(n1)C(C)(C)N(Cc1nn(CCc3ccccc3Cl)cc1[N+](=O)[O-])C2. The van der Waals surface area contributed by atoms with Crippen molar-refractivity contribution in [3.63, 3.8) is 0 Å². The normalized spacial score (nSPS) is 16.4. The molecular weight excluding hydrogens is 574 g/mol. The molecule has 13 nitrogen and oxygen atoms in total. The van der Waals surface area contributed by atoms with Gasteiger partial charge in [0.05, 0.1) is 28.9 Å². The highest BCUT2D eigenvalue weighted by Gasteiger charge is 2.40. The number of hydrogen-bond donors (Lipinski definition) is 1. The number of nitro groups is 1. The Morgan fingerprint density at radius 2 is 1.95 bits per heavy atom. The second-order valence-electron chi connectivity index (χ2n) is 11.2. The fraction of sp³-hybridized carbons (Fsp3) is 0.345. The van der Waals surface area contributed by atoms with Gasteiger partial charge >= 0.3 is 11.7 Å². The van der Waals surface area contributed by atoms with Crippen molar-refractivity contribution in [1.29, 1.82) is 0 Å². The zero-order valence-electron chi connectivity index (χ0n) is 24.0. The Balaban J connectivity index is 1.22. The lowest BCUT2D eigenvalue weighted by atomic mass is 9.99. The first-order valence-electron chi connectivity index (χ1n) is 13.9. The van der Waals surface area contributed by atoms with Crippen molar-refractivity contribution in [2.75, 3.05) is 11.4 Å². The van der Waals surface area contributed by atoms with Gasteiger partial charge in [0.25, 0.3) is 0 Å². The van der Waals surface area contributed by atoms with Crippen molar-refractivity contribution in [2.24, 2.45) is 7.05 Å². The number of urea groups is 1. The molecule has 2 aliphatic heterocycles. The highest BCUT2D eigenvalue weighted by Crippen LogP contribution is 2.40. The third-order valence-corrected chi connectivity index (χ3v) is 8.52. The van der Waals surface area contributed by atoms with Gasteiger partial charge in [-0.2, -0.15) is 5.10 Å². The first-order valence-corrected chi connectivity index (χ1v) is 14.2. The van der Waals surface area contributed by atoms with E-state index in [1.165, 1.54) is 11.1 Å². The van der Waals surface area contributed by atoms with Gasteiger partial charge in [0.2, 0.25) is 5.91 Å². The van der Waals surface area contributed by atoms with Crippen LogP contribution in [-0.4, -0.2) is 52.6 Å². The number of carbonyl (C=O) groups is 2. The maximum atomic E-state index is 12.4. The number of aryl methyl sites for hydroxylation is 2. The Hall–Kier alpha value is -4.62. The summed E-state index contributed by atoms with van der Waals surface area (Å²) in [6.45, 7) is 5.62. The number of amides is 3. The zero-order valence-corrected chi connectivity index (χ0v) is 24.7. The zero-order chi connectivity index (χ0) is 30.5. The molecule has 2 aliphatic rings. The van der Waals surface area contributed by atoms with Gasteiger partial charge < -0.3 is 4.57 Å². The van der Waals surface area contributed by atoms with E-state index in [1.54, 1.807) is 22.5 Å². The minimum Gasteiger partial charge on any atom is -0.312 e. The van der Waals surface area contributed by atoms with Crippen LogP contribution >= 0.6 is 11.6 Å². The third kappa shape index (κ3) is 5.25. The Morgan fingerprint density at radius 3 is 2.70 bits per heavy atom. The number of anilines is 1. The summed E-state index contributed by atoms with van der Waals surface area (Å²) in [6.07, 6.45) is 3.89. The molecule has 0 aliphatic carbocycles. The fourth-order valence-electron chi connectivity index (χ4n) is 5.70. The molecule has 5 heterocycles. The summed E-state index contributed by atoms with van der Waals surface area (Å²) in [5, 5.41) is 19.5. The van der Waals surface area contributed by atoms with Crippen LogP contribution in [0.25, 0.3) is 11.5 Å². The first kappa shape index (κ1) is 28.5. The van der Waals surface area contributed by atoms with E-state index in [9.17, 15) is 19.7 Å². The number of nitrogens with one attached hydrogen (secondary N) is 1. The molecule has 1 N–H and O–H groups in total. The number of benzene rings is 1. The molecule has 0 saturated carbocycles. The molecule has 0 spiro atoms. The number of hydrogen-bond acceptors (Lipinski definition) is 8. The molecule has 43 heavy (non-hydrogen) atoms. The van der Waals surface area contributed by atoms with Gasteiger partial charge in [-0.05, 0) is 43.5 Å². The van der Waals surface area contributed by atoms with Crippen molar-refractivity contribution in [3.05, 3.63) is 86.4 Å². The lowest BCUT2D eigenvalue weighted by Gasteiger charge is -2.30. The molecule has 1 aromatic carbocycles. The largest absolute Gasteiger partial charge is 0.329 e. The first-order chi connectivity index (χ1) is 20.5. The number of nitrogens with zero attached hydrogens (tertiary/aromatic N) is 8. The minimum atomic E-state index is -0.554. The number of halogens is 1. The van der Waals surface area contributed by atoms with E-state index in [2.05, 4.69) is 20.3 Å². The molecule has 3 amide bonds. The molecule has 0 atom stereocenters. The van der Waals surface area contributed by atoms with E-state index < -0.39 is 16.5 Å². The van der Waals surface area contributed by atoms with Crippen LogP contribution in [0, 0.1) is 10.1 Å². The third-order valence-electron chi connectivity index (χ3n) is 8.15. The van der Waals surface area contributed by atoms with Crippen molar-refractivity contribution in [3.8, 4) is 11.5 Å².